The second-order valence-electron chi connectivity index (χ2n) is 8.56. The Bertz CT molecular complexity index is 479. The Morgan fingerprint density at radius 2 is 1.26 bits per heavy atom. The van der Waals surface area contributed by atoms with Crippen molar-refractivity contribution < 1.29 is 23.9 Å². The van der Waals surface area contributed by atoms with Gasteiger partial charge in [0.1, 0.15) is 6.54 Å². The lowest BCUT2D eigenvalue weighted by Crippen LogP contribution is -2.49. The SMILES string of the molecule is CC/C=C\CCCCCC/C=C\CCCCC(O)(C[N+](C)(C)C)P(=O)(O)O. The molecule has 0 aromatic carbocycles. The Labute approximate surface area is 166 Å². The molecule has 0 aromatic heterocycles. The highest BCUT2D eigenvalue weighted by molar-refractivity contribution is 7.53. The Balaban J connectivity index is 3.89. The molecule has 0 radical (unpaired) electrons. The van der Waals surface area contributed by atoms with Gasteiger partial charge < -0.3 is 19.4 Å². The summed E-state index contributed by atoms with van der Waals surface area (Å²) in [5, 5.41) is 8.54. The van der Waals surface area contributed by atoms with Gasteiger partial charge in [0.25, 0.3) is 0 Å². The van der Waals surface area contributed by atoms with Crippen molar-refractivity contribution in [2.75, 3.05) is 27.7 Å². The van der Waals surface area contributed by atoms with Crippen LogP contribution in [0.5, 0.6) is 0 Å². The van der Waals surface area contributed by atoms with Crippen molar-refractivity contribution in [1.82, 2.24) is 0 Å². The molecule has 1 unspecified atom stereocenters. The van der Waals surface area contributed by atoms with Crippen LogP contribution in [0.4, 0.5) is 0 Å². The third kappa shape index (κ3) is 14.2. The average Bonchev–Trinajstić information content (AvgIpc) is 2.52. The zero-order valence-corrected chi connectivity index (χ0v) is 18.8. The average molecular weight is 405 g/mol. The van der Waals surface area contributed by atoms with Gasteiger partial charge in [-0.3, -0.25) is 4.57 Å². The molecule has 5 nitrogen and oxygen atoms in total. The fourth-order valence-electron chi connectivity index (χ4n) is 3.14. The zero-order chi connectivity index (χ0) is 20.8. The van der Waals surface area contributed by atoms with Crippen molar-refractivity contribution >= 4 is 7.60 Å². The van der Waals surface area contributed by atoms with Crippen LogP contribution in [0.15, 0.2) is 24.3 Å². The van der Waals surface area contributed by atoms with E-state index in [1.807, 2.05) is 21.1 Å². The lowest BCUT2D eigenvalue weighted by Gasteiger charge is -2.35. The van der Waals surface area contributed by atoms with Crippen LogP contribution in [0.3, 0.4) is 0 Å². The van der Waals surface area contributed by atoms with E-state index in [1.165, 1.54) is 32.1 Å². The lowest BCUT2D eigenvalue weighted by atomic mass is 10.1. The fourth-order valence-corrected chi connectivity index (χ4v) is 4.20. The molecule has 160 valence electrons. The molecule has 0 aromatic rings. The van der Waals surface area contributed by atoms with E-state index in [-0.39, 0.29) is 13.0 Å². The van der Waals surface area contributed by atoms with Gasteiger partial charge in [0.2, 0.25) is 5.34 Å². The van der Waals surface area contributed by atoms with Crippen molar-refractivity contribution in [2.24, 2.45) is 0 Å². The number of nitrogens with zero attached hydrogens (tertiary/aromatic N) is 1. The Kier molecular flexibility index (Phi) is 13.5. The Morgan fingerprint density at radius 3 is 1.67 bits per heavy atom. The topological polar surface area (TPSA) is 77.8 Å². The summed E-state index contributed by atoms with van der Waals surface area (Å²) in [6, 6.07) is 0. The van der Waals surface area contributed by atoms with Crippen molar-refractivity contribution in [2.45, 2.75) is 82.9 Å². The Hall–Kier alpha value is -0.450. The summed E-state index contributed by atoms with van der Waals surface area (Å²) in [5.74, 6) is 0. The van der Waals surface area contributed by atoms with Crippen LogP contribution in [0.2, 0.25) is 0 Å². The van der Waals surface area contributed by atoms with Gasteiger partial charge >= 0.3 is 7.60 Å². The number of hydrogen-bond acceptors (Lipinski definition) is 2. The van der Waals surface area contributed by atoms with Crippen LogP contribution >= 0.6 is 7.60 Å². The molecular weight excluding hydrogens is 361 g/mol. The predicted molar refractivity (Wildman–Crippen MR) is 115 cm³/mol. The van der Waals surface area contributed by atoms with Gasteiger partial charge in [-0.05, 0) is 57.8 Å². The number of aliphatic hydroxyl groups is 1. The van der Waals surface area contributed by atoms with Crippen LogP contribution in [0, 0.1) is 0 Å². The summed E-state index contributed by atoms with van der Waals surface area (Å²) in [5.41, 5.74) is 0. The molecule has 0 rings (SSSR count). The molecule has 6 heteroatoms. The maximum absolute atomic E-state index is 11.7. The van der Waals surface area contributed by atoms with Gasteiger partial charge in [0, 0.05) is 0 Å². The molecule has 0 aliphatic rings. The van der Waals surface area contributed by atoms with Gasteiger partial charge in [-0.15, -0.1) is 0 Å². The minimum atomic E-state index is -4.55. The normalized spacial score (nSPS) is 15.7. The molecule has 3 N–H and O–H groups in total. The molecule has 0 saturated heterocycles. The molecule has 27 heavy (non-hydrogen) atoms. The highest BCUT2D eigenvalue weighted by Gasteiger charge is 2.48. The maximum Gasteiger partial charge on any atom is 0.362 e. The van der Waals surface area contributed by atoms with E-state index < -0.39 is 12.9 Å². The number of quaternary nitrogens is 1. The predicted octanol–water partition coefficient (Wildman–Crippen LogP) is 4.98. The number of likely N-dealkylation sites (N-methyl/N-ethyl adjacent to an activating group) is 1. The summed E-state index contributed by atoms with van der Waals surface area (Å²) >= 11 is 0. The second kappa shape index (κ2) is 13.7. The number of unbranched alkanes of at least 4 members (excludes halogenated alkanes) is 7. The van der Waals surface area contributed by atoms with E-state index in [9.17, 15) is 19.5 Å². The molecule has 0 amide bonds. The summed E-state index contributed by atoms with van der Waals surface area (Å²) in [4.78, 5) is 19.1. The van der Waals surface area contributed by atoms with Crippen LogP contribution in [-0.2, 0) is 4.57 Å². The quantitative estimate of drug-likeness (QED) is 0.147. The van der Waals surface area contributed by atoms with Gasteiger partial charge in [-0.1, -0.05) is 44.1 Å². The third-order valence-corrected chi connectivity index (χ3v) is 5.98. The smallest absolute Gasteiger partial charge is 0.362 e. The van der Waals surface area contributed by atoms with E-state index in [0.29, 0.717) is 10.9 Å². The maximum atomic E-state index is 11.7. The van der Waals surface area contributed by atoms with Gasteiger partial charge in [-0.25, -0.2) is 0 Å². The van der Waals surface area contributed by atoms with Crippen LogP contribution in [0.25, 0.3) is 0 Å². The van der Waals surface area contributed by atoms with E-state index >= 15 is 0 Å². The standard InChI is InChI=1S/C21H42NO4P/c1-5-6-7-8-9-10-11-12-13-14-15-16-17-18-19-21(23,27(24,25)26)20-22(2,3)4/h6-7,14-15,23H,5,8-13,16-20H2,1-4H3,(H-,24,25,26)/p+1/b7-6-,15-14-. The van der Waals surface area contributed by atoms with Crippen molar-refractivity contribution in [3.05, 3.63) is 24.3 Å². The van der Waals surface area contributed by atoms with E-state index in [1.54, 1.807) is 0 Å². The first kappa shape index (κ1) is 26.6. The van der Waals surface area contributed by atoms with E-state index in [2.05, 4.69) is 31.2 Å². The second-order valence-corrected chi connectivity index (χ2v) is 10.5. The van der Waals surface area contributed by atoms with Crippen molar-refractivity contribution in [1.29, 1.82) is 0 Å². The molecule has 0 aliphatic heterocycles. The molecule has 0 bridgehead atoms. The first-order valence-corrected chi connectivity index (χ1v) is 12.0. The van der Waals surface area contributed by atoms with Gasteiger partial charge in [0.15, 0.2) is 0 Å². The molecule has 0 spiro atoms. The third-order valence-electron chi connectivity index (χ3n) is 4.53. The van der Waals surface area contributed by atoms with Crippen LogP contribution in [0.1, 0.15) is 77.6 Å². The number of hydrogen-bond donors (Lipinski definition) is 3. The first-order chi connectivity index (χ1) is 12.5. The fraction of sp³-hybridized carbons (Fsp3) is 0.810. The highest BCUT2D eigenvalue weighted by Crippen LogP contribution is 2.52. The molecule has 0 fully saturated rings. The summed E-state index contributed by atoms with van der Waals surface area (Å²) < 4.78 is 12.0. The Morgan fingerprint density at radius 1 is 0.815 bits per heavy atom. The van der Waals surface area contributed by atoms with E-state index in [0.717, 1.165) is 25.7 Å². The molecule has 0 heterocycles. The van der Waals surface area contributed by atoms with Crippen LogP contribution < -0.4 is 0 Å². The summed E-state index contributed by atoms with van der Waals surface area (Å²) in [6.45, 7) is 2.20. The largest absolute Gasteiger partial charge is 0.373 e. The number of rotatable bonds is 16. The molecule has 0 aliphatic carbocycles. The minimum Gasteiger partial charge on any atom is -0.373 e. The molecule has 1 atom stereocenters. The van der Waals surface area contributed by atoms with Crippen LogP contribution in [-0.4, -0.2) is 52.4 Å². The van der Waals surface area contributed by atoms with Gasteiger partial charge in [0.05, 0.1) is 21.1 Å². The molecular formula is C21H43NO4P+. The monoisotopic (exact) mass is 404 g/mol. The minimum absolute atomic E-state index is 0.0430. The first-order valence-electron chi connectivity index (χ1n) is 10.4. The zero-order valence-electron chi connectivity index (χ0n) is 17.9. The molecule has 0 saturated carbocycles. The highest BCUT2D eigenvalue weighted by atomic mass is 31.2. The summed E-state index contributed by atoms with van der Waals surface area (Å²) in [7, 11) is 0.921. The van der Waals surface area contributed by atoms with Crippen molar-refractivity contribution in [3.8, 4) is 0 Å². The van der Waals surface area contributed by atoms with Gasteiger partial charge in [-0.2, -0.15) is 0 Å². The number of allylic oxidation sites excluding steroid dienone is 4. The van der Waals surface area contributed by atoms with Crippen molar-refractivity contribution in [3.63, 3.8) is 0 Å². The summed E-state index contributed by atoms with van der Waals surface area (Å²) in [6.07, 6.45) is 19.8. The lowest BCUT2D eigenvalue weighted by molar-refractivity contribution is -0.875. The van der Waals surface area contributed by atoms with E-state index in [4.69, 9.17) is 0 Å².